The molecule has 3 N–H and O–H groups in total. The van der Waals surface area contributed by atoms with E-state index in [1.807, 2.05) is 12.1 Å². The van der Waals surface area contributed by atoms with Gasteiger partial charge in [-0.25, -0.2) is 0 Å². The summed E-state index contributed by atoms with van der Waals surface area (Å²) in [4.78, 5) is 37.4. The van der Waals surface area contributed by atoms with E-state index >= 15 is 0 Å². The number of aliphatic hydroxyl groups is 2. The lowest BCUT2D eigenvalue weighted by Gasteiger charge is -2.16. The van der Waals surface area contributed by atoms with Crippen molar-refractivity contribution in [1.29, 1.82) is 0 Å². The Bertz CT molecular complexity index is 1120. The Labute approximate surface area is 196 Å². The molecule has 3 rings (SSSR count). The first kappa shape index (κ1) is 24.8. The van der Waals surface area contributed by atoms with Gasteiger partial charge in [-0.2, -0.15) is 0 Å². The molecule has 9 nitrogen and oxygen atoms in total. The van der Waals surface area contributed by atoms with E-state index in [4.69, 9.17) is 14.4 Å². The number of carbonyl (C=O) groups excluding carboxylic acids is 3. The van der Waals surface area contributed by atoms with Crippen LogP contribution in [0.4, 0.5) is 0 Å². The molecule has 178 valence electrons. The summed E-state index contributed by atoms with van der Waals surface area (Å²) in [6.45, 7) is 1.01. The number of hydrogen-bond donors (Lipinski definition) is 3. The molecule has 0 aliphatic carbocycles. The summed E-state index contributed by atoms with van der Waals surface area (Å²) in [7, 11) is 0. The van der Waals surface area contributed by atoms with Crippen molar-refractivity contribution < 1.29 is 33.9 Å². The van der Waals surface area contributed by atoms with Crippen molar-refractivity contribution in [2.75, 3.05) is 19.8 Å². The molecule has 0 saturated carbocycles. The summed E-state index contributed by atoms with van der Waals surface area (Å²) in [6, 6.07) is 14.2. The van der Waals surface area contributed by atoms with Gasteiger partial charge in [0.25, 0.3) is 5.91 Å². The topological polar surface area (TPSA) is 139 Å². The summed E-state index contributed by atoms with van der Waals surface area (Å²) in [6.07, 6.45) is 0.208. The zero-order chi connectivity index (χ0) is 24.5. The highest BCUT2D eigenvalue weighted by Gasteiger charge is 2.27. The van der Waals surface area contributed by atoms with Crippen LogP contribution in [0.2, 0.25) is 0 Å². The highest BCUT2D eigenvalue weighted by Crippen LogP contribution is 2.23. The van der Waals surface area contributed by atoms with E-state index in [2.05, 4.69) is 10.5 Å². The number of aliphatic hydroxyl groups excluding tert-OH is 2. The average Bonchev–Trinajstić information content (AvgIpc) is 3.29. The largest absolute Gasteiger partial charge is 0.491 e. The number of nitrogens with zero attached hydrogens (tertiary/aromatic N) is 1. The number of aromatic nitrogens is 1. The van der Waals surface area contributed by atoms with Gasteiger partial charge >= 0.3 is 0 Å². The number of amides is 1. The highest BCUT2D eigenvalue weighted by atomic mass is 16.5. The van der Waals surface area contributed by atoms with Crippen molar-refractivity contribution in [2.24, 2.45) is 0 Å². The molecule has 0 aliphatic rings. The minimum Gasteiger partial charge on any atom is -0.491 e. The number of nitrogens with one attached hydrogen (secondary N) is 1. The standard InChI is InChI=1S/C25H26N2O7/c1-16-14-20(27-34-16)8-11-22(30)24(23(31)15-29)26-25(32)19-4-2-17(3-5-19)18-6-9-21(10-7-18)33-13-12-28/h2-7,9-10,14,24,28-29H,8,11-13,15H2,1H3,(H,26,32). The van der Waals surface area contributed by atoms with Crippen LogP contribution in [-0.2, 0) is 16.0 Å². The van der Waals surface area contributed by atoms with Crippen LogP contribution in [0.1, 0.15) is 28.2 Å². The molecule has 1 aromatic heterocycles. The Balaban J connectivity index is 1.64. The smallest absolute Gasteiger partial charge is 0.252 e. The average molecular weight is 466 g/mol. The molecule has 1 atom stereocenters. The Hall–Kier alpha value is -3.82. The molecule has 34 heavy (non-hydrogen) atoms. The quantitative estimate of drug-likeness (QED) is 0.344. The molecule has 1 amide bonds. The van der Waals surface area contributed by atoms with Crippen LogP contribution in [0.15, 0.2) is 59.1 Å². The zero-order valence-corrected chi connectivity index (χ0v) is 18.7. The lowest BCUT2D eigenvalue weighted by atomic mass is 10.0. The van der Waals surface area contributed by atoms with Gasteiger partial charge in [-0.3, -0.25) is 14.4 Å². The molecular formula is C25H26N2O7. The van der Waals surface area contributed by atoms with Crippen LogP contribution in [0.5, 0.6) is 5.75 Å². The molecule has 1 heterocycles. The molecule has 9 heteroatoms. The number of Topliss-reactive ketones (excluding diaryl/α,β-unsaturated/α-hetero) is 2. The first-order valence-corrected chi connectivity index (χ1v) is 10.7. The molecular weight excluding hydrogens is 440 g/mol. The lowest BCUT2D eigenvalue weighted by Crippen LogP contribution is -2.47. The Morgan fingerprint density at radius 2 is 1.65 bits per heavy atom. The fourth-order valence-corrected chi connectivity index (χ4v) is 3.30. The van der Waals surface area contributed by atoms with E-state index < -0.39 is 30.1 Å². The lowest BCUT2D eigenvalue weighted by molar-refractivity contribution is -0.131. The third-order valence-electron chi connectivity index (χ3n) is 5.07. The fourth-order valence-electron chi connectivity index (χ4n) is 3.30. The number of carbonyl (C=O) groups is 3. The second kappa shape index (κ2) is 11.9. The molecule has 0 radical (unpaired) electrons. The van der Waals surface area contributed by atoms with Crippen LogP contribution < -0.4 is 10.1 Å². The van der Waals surface area contributed by atoms with E-state index in [0.29, 0.717) is 17.2 Å². The third-order valence-corrected chi connectivity index (χ3v) is 5.07. The second-order valence-electron chi connectivity index (χ2n) is 7.60. The minimum absolute atomic E-state index is 0.0421. The Morgan fingerprint density at radius 1 is 1.00 bits per heavy atom. The maximum atomic E-state index is 12.7. The maximum Gasteiger partial charge on any atom is 0.252 e. The third kappa shape index (κ3) is 6.60. The summed E-state index contributed by atoms with van der Waals surface area (Å²) in [5.41, 5.74) is 2.58. The highest BCUT2D eigenvalue weighted by molar-refractivity contribution is 6.11. The van der Waals surface area contributed by atoms with Crippen LogP contribution in [-0.4, -0.2) is 58.7 Å². The zero-order valence-electron chi connectivity index (χ0n) is 18.7. The van der Waals surface area contributed by atoms with Gasteiger partial charge in [-0.15, -0.1) is 0 Å². The molecule has 3 aromatic rings. The van der Waals surface area contributed by atoms with Gasteiger partial charge in [-0.05, 0) is 42.3 Å². The van der Waals surface area contributed by atoms with Crippen molar-refractivity contribution in [3.63, 3.8) is 0 Å². The SMILES string of the molecule is Cc1cc(CCC(=O)C(NC(=O)c2ccc(-c3ccc(OCCO)cc3)cc2)C(=O)CO)no1. The Morgan fingerprint density at radius 3 is 2.21 bits per heavy atom. The van der Waals surface area contributed by atoms with Gasteiger partial charge < -0.3 is 24.8 Å². The van der Waals surface area contributed by atoms with Gasteiger partial charge in [0.05, 0.1) is 12.3 Å². The first-order valence-electron chi connectivity index (χ1n) is 10.7. The summed E-state index contributed by atoms with van der Waals surface area (Å²) in [5, 5.41) is 24.3. The Kier molecular flexibility index (Phi) is 8.66. The fraction of sp³-hybridized carbons (Fsp3) is 0.280. The van der Waals surface area contributed by atoms with Crippen molar-refractivity contribution in [2.45, 2.75) is 25.8 Å². The number of benzene rings is 2. The molecule has 1 unspecified atom stereocenters. The predicted octanol–water partition coefficient (Wildman–Crippen LogP) is 1.88. The summed E-state index contributed by atoms with van der Waals surface area (Å²) >= 11 is 0. The molecule has 0 spiro atoms. The van der Waals surface area contributed by atoms with Crippen LogP contribution >= 0.6 is 0 Å². The predicted molar refractivity (Wildman–Crippen MR) is 122 cm³/mol. The second-order valence-corrected chi connectivity index (χ2v) is 7.60. The first-order chi connectivity index (χ1) is 16.4. The van der Waals surface area contributed by atoms with E-state index in [0.717, 1.165) is 11.1 Å². The minimum atomic E-state index is -1.45. The van der Waals surface area contributed by atoms with Gasteiger partial charge in [0, 0.05) is 24.5 Å². The number of aryl methyl sites for hydroxylation is 2. The van der Waals surface area contributed by atoms with Crippen molar-refractivity contribution in [1.82, 2.24) is 10.5 Å². The number of ether oxygens (including phenoxy) is 1. The van der Waals surface area contributed by atoms with E-state index in [1.54, 1.807) is 49.4 Å². The van der Waals surface area contributed by atoms with Gasteiger partial charge in [0.2, 0.25) is 0 Å². The van der Waals surface area contributed by atoms with Crippen LogP contribution in [0.25, 0.3) is 11.1 Å². The maximum absolute atomic E-state index is 12.7. The van der Waals surface area contributed by atoms with Gasteiger partial charge in [0.15, 0.2) is 11.6 Å². The monoisotopic (exact) mass is 466 g/mol. The molecule has 0 aliphatic heterocycles. The van der Waals surface area contributed by atoms with Gasteiger partial charge in [0.1, 0.15) is 30.8 Å². The van der Waals surface area contributed by atoms with E-state index in [9.17, 15) is 19.5 Å². The normalized spacial score (nSPS) is 11.6. The number of rotatable bonds is 12. The molecule has 0 fully saturated rings. The summed E-state index contributed by atoms with van der Waals surface area (Å²) < 4.78 is 10.3. The van der Waals surface area contributed by atoms with Crippen LogP contribution in [0, 0.1) is 6.92 Å². The van der Waals surface area contributed by atoms with E-state index in [1.165, 1.54) is 0 Å². The van der Waals surface area contributed by atoms with E-state index in [-0.39, 0.29) is 31.6 Å². The molecule has 2 aromatic carbocycles. The molecule has 0 bridgehead atoms. The number of hydrogen-bond acceptors (Lipinski definition) is 8. The number of ketones is 2. The van der Waals surface area contributed by atoms with Crippen LogP contribution in [0.3, 0.4) is 0 Å². The van der Waals surface area contributed by atoms with Gasteiger partial charge in [-0.1, -0.05) is 29.4 Å². The van der Waals surface area contributed by atoms with Crippen molar-refractivity contribution in [3.8, 4) is 16.9 Å². The molecule has 0 saturated heterocycles. The summed E-state index contributed by atoms with van der Waals surface area (Å²) in [5.74, 6) is -0.662. The van der Waals surface area contributed by atoms with Crippen molar-refractivity contribution in [3.05, 3.63) is 71.6 Å². The van der Waals surface area contributed by atoms with Crippen molar-refractivity contribution >= 4 is 17.5 Å².